The molecule has 0 saturated carbocycles. The van der Waals surface area contributed by atoms with Gasteiger partial charge in [0.05, 0.1) is 28.1 Å². The third-order valence-corrected chi connectivity index (χ3v) is 8.34. The lowest BCUT2D eigenvalue weighted by molar-refractivity contribution is -0.122. The number of hydrogen-bond acceptors (Lipinski definition) is 11. The maximum atomic E-state index is 13.3. The second-order valence-electron chi connectivity index (χ2n) is 8.06. The molecular formula is C22H22N6O7S2. The number of benzene rings is 1. The summed E-state index contributed by atoms with van der Waals surface area (Å²) < 4.78 is 57.9. The fraction of sp³-hybridized carbons (Fsp3) is 0.273. The van der Waals surface area contributed by atoms with Gasteiger partial charge in [0.2, 0.25) is 23.9 Å². The SMILES string of the molecule is CC[C@H](NC(=O)[C@H](CS(=O)(=O)Cc1ccccn1)N=C1NS(=O)(=O)c2ccccc21)C(=O)c1ncon1. The Hall–Kier alpha value is -3.98. The normalized spacial score (nSPS) is 16.9. The summed E-state index contributed by atoms with van der Waals surface area (Å²) >= 11 is 0. The molecule has 2 aromatic heterocycles. The first-order valence-electron chi connectivity index (χ1n) is 11.0. The van der Waals surface area contributed by atoms with Crippen molar-refractivity contribution >= 4 is 37.4 Å². The lowest BCUT2D eigenvalue weighted by Crippen LogP contribution is -2.47. The Morgan fingerprint density at radius 1 is 1.14 bits per heavy atom. The Kier molecular flexibility index (Phi) is 7.45. The number of hydrogen-bond donors (Lipinski definition) is 2. The number of fused-ring (bicyclic) bond motifs is 1. The van der Waals surface area contributed by atoms with E-state index < -0.39 is 55.1 Å². The van der Waals surface area contributed by atoms with E-state index in [-0.39, 0.29) is 34.2 Å². The zero-order valence-corrected chi connectivity index (χ0v) is 21.1. The van der Waals surface area contributed by atoms with Gasteiger partial charge in [-0.3, -0.25) is 24.3 Å². The number of sulfone groups is 1. The van der Waals surface area contributed by atoms with E-state index in [1.54, 1.807) is 25.1 Å². The lowest BCUT2D eigenvalue weighted by Gasteiger charge is -2.19. The van der Waals surface area contributed by atoms with Gasteiger partial charge in [0.1, 0.15) is 11.9 Å². The van der Waals surface area contributed by atoms with Crippen molar-refractivity contribution in [3.8, 4) is 0 Å². The van der Waals surface area contributed by atoms with Gasteiger partial charge in [-0.15, -0.1) is 0 Å². The van der Waals surface area contributed by atoms with Crippen LogP contribution in [0.5, 0.6) is 0 Å². The molecule has 194 valence electrons. The Morgan fingerprint density at radius 3 is 2.57 bits per heavy atom. The minimum Gasteiger partial charge on any atom is -0.344 e. The van der Waals surface area contributed by atoms with Gasteiger partial charge in [-0.25, -0.2) is 16.8 Å². The number of ketones is 1. The molecule has 0 saturated heterocycles. The van der Waals surface area contributed by atoms with Gasteiger partial charge in [0, 0.05) is 11.8 Å². The summed E-state index contributed by atoms with van der Waals surface area (Å²) in [5.41, 5.74) is 0.456. The predicted octanol–water partition coefficient (Wildman–Crippen LogP) is 0.264. The number of carbonyl (C=O) groups excluding carboxylic acids is 2. The van der Waals surface area contributed by atoms with E-state index >= 15 is 0 Å². The summed E-state index contributed by atoms with van der Waals surface area (Å²) in [6.45, 7) is 1.63. The van der Waals surface area contributed by atoms with Crippen LogP contribution < -0.4 is 10.0 Å². The van der Waals surface area contributed by atoms with Crippen LogP contribution in [0.3, 0.4) is 0 Å². The Bertz CT molecular complexity index is 1540. The number of amidine groups is 1. The molecule has 1 aromatic carbocycles. The van der Waals surface area contributed by atoms with E-state index in [9.17, 15) is 26.4 Å². The molecule has 1 aliphatic rings. The molecule has 4 rings (SSSR count). The molecule has 1 amide bonds. The summed E-state index contributed by atoms with van der Waals surface area (Å²) in [5.74, 6) is -3.21. The Balaban J connectivity index is 1.66. The number of Topliss-reactive ketones (excluding diaryl/α,β-unsaturated/α-hetero) is 1. The molecule has 1 aliphatic heterocycles. The van der Waals surface area contributed by atoms with Gasteiger partial charge < -0.3 is 9.84 Å². The summed E-state index contributed by atoms with van der Waals surface area (Å²) in [6, 6.07) is 8.05. The number of nitrogens with one attached hydrogen (secondary N) is 2. The molecule has 13 nitrogen and oxygen atoms in total. The molecule has 37 heavy (non-hydrogen) atoms. The van der Waals surface area contributed by atoms with E-state index in [0.29, 0.717) is 0 Å². The highest BCUT2D eigenvalue weighted by atomic mass is 32.2. The molecule has 2 N–H and O–H groups in total. The van der Waals surface area contributed by atoms with Crippen LogP contribution >= 0.6 is 0 Å². The van der Waals surface area contributed by atoms with Crippen molar-refractivity contribution in [3.63, 3.8) is 0 Å². The van der Waals surface area contributed by atoms with Crippen LogP contribution in [-0.4, -0.2) is 67.3 Å². The zero-order chi connectivity index (χ0) is 26.6. The maximum Gasteiger partial charge on any atom is 0.263 e. The van der Waals surface area contributed by atoms with Crippen molar-refractivity contribution in [3.05, 3.63) is 72.1 Å². The monoisotopic (exact) mass is 546 g/mol. The molecule has 0 unspecified atom stereocenters. The van der Waals surface area contributed by atoms with Gasteiger partial charge in [-0.1, -0.05) is 30.3 Å². The lowest BCUT2D eigenvalue weighted by atomic mass is 10.1. The summed E-state index contributed by atoms with van der Waals surface area (Å²) in [4.78, 5) is 37.8. The molecular weight excluding hydrogens is 524 g/mol. The van der Waals surface area contributed by atoms with Gasteiger partial charge >= 0.3 is 0 Å². The van der Waals surface area contributed by atoms with Crippen LogP contribution in [0.4, 0.5) is 0 Å². The molecule has 0 bridgehead atoms. The molecule has 0 fully saturated rings. The summed E-state index contributed by atoms with van der Waals surface area (Å²) in [7, 11) is -7.91. The molecule has 0 spiro atoms. The molecule has 0 aliphatic carbocycles. The fourth-order valence-electron chi connectivity index (χ4n) is 3.62. The number of aromatic nitrogens is 3. The molecule has 0 radical (unpaired) electrons. The van der Waals surface area contributed by atoms with Crippen LogP contribution in [0.25, 0.3) is 0 Å². The standard InChI is InChI=1S/C22H22N6O7S2/c1-2-16(19(29)21-24-13-35-27-21)26-22(30)17(12-36(31,32)11-14-7-5-6-10-23-14)25-20-15-8-3-4-9-18(15)37(33,34)28-20/h3-10,13,16-17H,2,11-12H2,1H3,(H,25,28)(H,26,30)/t16-,17-/m0/s1. The van der Waals surface area contributed by atoms with Crippen molar-refractivity contribution in [1.29, 1.82) is 0 Å². The predicted molar refractivity (Wildman–Crippen MR) is 130 cm³/mol. The zero-order valence-electron chi connectivity index (χ0n) is 19.4. The molecule has 3 heterocycles. The number of nitrogens with zero attached hydrogens (tertiary/aromatic N) is 4. The first-order chi connectivity index (χ1) is 17.6. The summed E-state index contributed by atoms with van der Waals surface area (Å²) in [6.07, 6.45) is 2.54. The minimum absolute atomic E-state index is 0.0528. The number of rotatable bonds is 10. The van der Waals surface area contributed by atoms with Crippen molar-refractivity contribution < 1.29 is 30.9 Å². The number of amides is 1. The average molecular weight is 547 g/mol. The first-order valence-corrected chi connectivity index (χ1v) is 14.3. The van der Waals surface area contributed by atoms with Gasteiger partial charge in [-0.2, -0.15) is 4.98 Å². The molecule has 2 atom stereocenters. The second-order valence-corrected chi connectivity index (χ2v) is 11.8. The quantitative estimate of drug-likeness (QED) is 0.334. The van der Waals surface area contributed by atoms with Crippen LogP contribution in [0.15, 0.2) is 69.5 Å². The first kappa shape index (κ1) is 26.1. The average Bonchev–Trinajstić information content (AvgIpc) is 3.49. The minimum atomic E-state index is -3.96. The van der Waals surface area contributed by atoms with E-state index in [1.165, 1.54) is 30.5 Å². The van der Waals surface area contributed by atoms with Gasteiger partial charge in [-0.05, 0) is 30.7 Å². The third-order valence-electron chi connectivity index (χ3n) is 5.38. The van der Waals surface area contributed by atoms with Gasteiger partial charge in [0.25, 0.3) is 10.0 Å². The van der Waals surface area contributed by atoms with E-state index in [2.05, 4.69) is 34.7 Å². The Labute approximate surface area is 212 Å². The van der Waals surface area contributed by atoms with Crippen LogP contribution in [0.1, 0.15) is 35.2 Å². The van der Waals surface area contributed by atoms with Crippen molar-refractivity contribution in [2.45, 2.75) is 36.1 Å². The smallest absolute Gasteiger partial charge is 0.263 e. The summed E-state index contributed by atoms with van der Waals surface area (Å²) in [5, 5.41) is 5.96. The second kappa shape index (κ2) is 10.6. The Morgan fingerprint density at radius 2 is 1.89 bits per heavy atom. The van der Waals surface area contributed by atoms with E-state index in [1.807, 2.05) is 0 Å². The number of sulfonamides is 1. The highest BCUT2D eigenvalue weighted by Gasteiger charge is 2.35. The number of pyridine rings is 1. The third kappa shape index (κ3) is 6.06. The van der Waals surface area contributed by atoms with E-state index in [4.69, 9.17) is 0 Å². The van der Waals surface area contributed by atoms with Crippen LogP contribution in [0.2, 0.25) is 0 Å². The van der Waals surface area contributed by atoms with Crippen LogP contribution in [0, 0.1) is 0 Å². The van der Waals surface area contributed by atoms with Gasteiger partial charge in [0.15, 0.2) is 9.84 Å². The molecule has 15 heteroatoms. The maximum absolute atomic E-state index is 13.3. The van der Waals surface area contributed by atoms with Crippen molar-refractivity contribution in [1.82, 2.24) is 25.2 Å². The van der Waals surface area contributed by atoms with Crippen molar-refractivity contribution in [2.75, 3.05) is 5.75 Å². The molecule has 3 aromatic rings. The fourth-order valence-corrected chi connectivity index (χ4v) is 6.31. The van der Waals surface area contributed by atoms with Crippen molar-refractivity contribution in [2.24, 2.45) is 4.99 Å². The van der Waals surface area contributed by atoms with Crippen LogP contribution in [-0.2, 0) is 30.4 Å². The topological polar surface area (TPSA) is 191 Å². The largest absolute Gasteiger partial charge is 0.344 e. The van der Waals surface area contributed by atoms with E-state index in [0.717, 1.165) is 6.39 Å². The number of carbonyl (C=O) groups is 2. The number of aliphatic imine (C=N–C) groups is 1. The highest BCUT2D eigenvalue weighted by molar-refractivity contribution is 7.91. The highest BCUT2D eigenvalue weighted by Crippen LogP contribution is 2.23.